The fourth-order valence-electron chi connectivity index (χ4n) is 1.68. The molecule has 1 aromatic heterocycles. The highest BCUT2D eigenvalue weighted by atomic mass is 35.5. The molecule has 0 saturated heterocycles. The first kappa shape index (κ1) is 11.2. The molecule has 0 atom stereocenters. The third-order valence-corrected chi connectivity index (χ3v) is 2.88. The molecule has 2 aromatic rings. The molecule has 0 unspecified atom stereocenters. The first-order valence-electron chi connectivity index (χ1n) is 4.99. The number of hydrogen-bond acceptors (Lipinski definition) is 3. The summed E-state index contributed by atoms with van der Waals surface area (Å²) >= 11 is 6.06. The Balaban J connectivity index is 2.79. The normalized spacial score (nSPS) is 10.9. The fraction of sp³-hybridized carbons (Fsp3) is 0.250. The molecule has 0 saturated carbocycles. The summed E-state index contributed by atoms with van der Waals surface area (Å²) in [6, 6.07) is 5.12. The molecular weight excluding hydrogens is 226 g/mol. The van der Waals surface area contributed by atoms with E-state index in [-0.39, 0.29) is 5.63 Å². The molecular formula is C12H12ClNO2. The standard InChI is InChI=1S/C12H12ClNO2/c1-7-3-11-9(5-10(7)13)8(6-14-2)4-12(15)16-11/h3-5,14H,6H2,1-2H3. The predicted octanol–water partition coefficient (Wildman–Crippen LogP) is 2.47. The molecule has 2 rings (SSSR count). The van der Waals surface area contributed by atoms with Crippen molar-refractivity contribution in [2.75, 3.05) is 7.05 Å². The second-order valence-corrected chi connectivity index (χ2v) is 4.13. The van der Waals surface area contributed by atoms with Gasteiger partial charge in [-0.25, -0.2) is 4.79 Å². The van der Waals surface area contributed by atoms with Crippen LogP contribution in [0, 0.1) is 6.92 Å². The van der Waals surface area contributed by atoms with Crippen molar-refractivity contribution in [3.05, 3.63) is 44.8 Å². The van der Waals surface area contributed by atoms with Gasteiger partial charge in [0.15, 0.2) is 0 Å². The molecule has 1 aromatic carbocycles. The Hall–Kier alpha value is -1.32. The van der Waals surface area contributed by atoms with Crippen LogP contribution in [-0.4, -0.2) is 7.05 Å². The summed E-state index contributed by atoms with van der Waals surface area (Å²) in [7, 11) is 1.83. The van der Waals surface area contributed by atoms with Gasteiger partial charge >= 0.3 is 5.63 Å². The maximum Gasteiger partial charge on any atom is 0.336 e. The number of nitrogens with one attached hydrogen (secondary N) is 1. The van der Waals surface area contributed by atoms with Crippen LogP contribution >= 0.6 is 11.6 Å². The lowest BCUT2D eigenvalue weighted by molar-refractivity contribution is 0.557. The van der Waals surface area contributed by atoms with E-state index in [2.05, 4.69) is 5.32 Å². The molecule has 3 nitrogen and oxygen atoms in total. The molecule has 0 radical (unpaired) electrons. The van der Waals surface area contributed by atoms with E-state index in [0.29, 0.717) is 17.2 Å². The third kappa shape index (κ3) is 1.96. The first-order valence-corrected chi connectivity index (χ1v) is 5.37. The van der Waals surface area contributed by atoms with Crippen molar-refractivity contribution in [2.45, 2.75) is 13.5 Å². The van der Waals surface area contributed by atoms with E-state index < -0.39 is 0 Å². The summed E-state index contributed by atoms with van der Waals surface area (Å²) in [5, 5.41) is 4.57. The van der Waals surface area contributed by atoms with Crippen LogP contribution in [0.2, 0.25) is 5.02 Å². The Bertz CT molecular complexity index is 589. The predicted molar refractivity (Wildman–Crippen MR) is 65.0 cm³/mol. The summed E-state index contributed by atoms with van der Waals surface area (Å²) in [5.74, 6) is 0. The SMILES string of the molecule is CNCc1cc(=O)oc2cc(C)c(Cl)cc12. The van der Waals surface area contributed by atoms with Crippen molar-refractivity contribution in [1.29, 1.82) is 0 Å². The zero-order valence-corrected chi connectivity index (χ0v) is 9.89. The second kappa shape index (κ2) is 4.28. The zero-order chi connectivity index (χ0) is 11.7. The summed E-state index contributed by atoms with van der Waals surface area (Å²) in [6.45, 7) is 2.49. The average molecular weight is 238 g/mol. The van der Waals surface area contributed by atoms with Gasteiger partial charge in [0.1, 0.15) is 5.58 Å². The van der Waals surface area contributed by atoms with Crippen LogP contribution in [0.15, 0.2) is 27.4 Å². The maximum absolute atomic E-state index is 11.3. The molecule has 16 heavy (non-hydrogen) atoms. The molecule has 1 N–H and O–H groups in total. The Labute approximate surface area is 98.0 Å². The van der Waals surface area contributed by atoms with E-state index in [4.69, 9.17) is 16.0 Å². The minimum atomic E-state index is -0.334. The second-order valence-electron chi connectivity index (χ2n) is 3.72. The van der Waals surface area contributed by atoms with Crippen molar-refractivity contribution < 1.29 is 4.42 Å². The van der Waals surface area contributed by atoms with E-state index in [0.717, 1.165) is 16.5 Å². The van der Waals surface area contributed by atoms with Crippen molar-refractivity contribution in [1.82, 2.24) is 5.32 Å². The van der Waals surface area contributed by atoms with Crippen molar-refractivity contribution in [2.24, 2.45) is 0 Å². The molecule has 0 aliphatic carbocycles. The van der Waals surface area contributed by atoms with Crippen LogP contribution in [0.4, 0.5) is 0 Å². The van der Waals surface area contributed by atoms with Crippen LogP contribution in [0.5, 0.6) is 0 Å². The van der Waals surface area contributed by atoms with Crippen molar-refractivity contribution in [3.63, 3.8) is 0 Å². The number of aryl methyl sites for hydroxylation is 1. The van der Waals surface area contributed by atoms with Gasteiger partial charge in [-0.2, -0.15) is 0 Å². The third-order valence-electron chi connectivity index (χ3n) is 2.48. The molecule has 0 spiro atoms. The van der Waals surface area contributed by atoms with Crippen molar-refractivity contribution >= 4 is 22.6 Å². The summed E-state index contributed by atoms with van der Waals surface area (Å²) < 4.78 is 5.14. The Kier molecular flexibility index (Phi) is 2.99. The quantitative estimate of drug-likeness (QED) is 0.816. The van der Waals surface area contributed by atoms with Crippen LogP contribution < -0.4 is 10.9 Å². The van der Waals surface area contributed by atoms with E-state index in [1.807, 2.05) is 20.0 Å². The van der Waals surface area contributed by atoms with Crippen LogP contribution in [0.3, 0.4) is 0 Å². The number of rotatable bonds is 2. The number of fused-ring (bicyclic) bond motifs is 1. The van der Waals surface area contributed by atoms with E-state index in [1.165, 1.54) is 6.07 Å². The van der Waals surface area contributed by atoms with Crippen LogP contribution in [0.1, 0.15) is 11.1 Å². The minimum Gasteiger partial charge on any atom is -0.423 e. The molecule has 1 heterocycles. The van der Waals surface area contributed by atoms with Gasteiger partial charge in [-0.1, -0.05) is 11.6 Å². The van der Waals surface area contributed by atoms with E-state index >= 15 is 0 Å². The van der Waals surface area contributed by atoms with Crippen molar-refractivity contribution in [3.8, 4) is 0 Å². The van der Waals surface area contributed by atoms with Crippen LogP contribution in [-0.2, 0) is 6.54 Å². The summed E-state index contributed by atoms with van der Waals surface area (Å²) in [4.78, 5) is 11.3. The molecule has 0 bridgehead atoms. The first-order chi connectivity index (χ1) is 7.61. The molecule has 84 valence electrons. The summed E-state index contributed by atoms with van der Waals surface area (Å²) in [5.41, 5.74) is 2.05. The van der Waals surface area contributed by atoms with Gasteiger partial charge in [0.05, 0.1) is 0 Å². The topological polar surface area (TPSA) is 42.2 Å². The highest BCUT2D eigenvalue weighted by Crippen LogP contribution is 2.24. The van der Waals surface area contributed by atoms with Crippen LogP contribution in [0.25, 0.3) is 11.0 Å². The Morgan fingerprint density at radius 1 is 1.38 bits per heavy atom. The van der Waals surface area contributed by atoms with Gasteiger partial charge < -0.3 is 9.73 Å². The van der Waals surface area contributed by atoms with Gasteiger partial charge in [-0.05, 0) is 37.2 Å². The van der Waals surface area contributed by atoms with E-state index in [9.17, 15) is 4.79 Å². The van der Waals surface area contributed by atoms with Gasteiger partial charge in [-0.3, -0.25) is 0 Å². The lowest BCUT2D eigenvalue weighted by Crippen LogP contribution is -2.09. The molecule has 0 aliphatic heterocycles. The number of halogens is 1. The number of hydrogen-bond donors (Lipinski definition) is 1. The largest absolute Gasteiger partial charge is 0.423 e. The Morgan fingerprint density at radius 2 is 2.12 bits per heavy atom. The van der Waals surface area contributed by atoms with E-state index in [1.54, 1.807) is 6.07 Å². The monoisotopic (exact) mass is 237 g/mol. The Morgan fingerprint density at radius 3 is 2.81 bits per heavy atom. The maximum atomic E-state index is 11.3. The summed E-state index contributed by atoms with van der Waals surface area (Å²) in [6.07, 6.45) is 0. The lowest BCUT2D eigenvalue weighted by Gasteiger charge is -2.06. The van der Waals surface area contributed by atoms with Gasteiger partial charge in [0, 0.05) is 23.0 Å². The molecule has 0 amide bonds. The molecule has 0 fully saturated rings. The fourth-order valence-corrected chi connectivity index (χ4v) is 1.85. The average Bonchev–Trinajstić information content (AvgIpc) is 2.21. The lowest BCUT2D eigenvalue weighted by atomic mass is 10.1. The highest BCUT2D eigenvalue weighted by molar-refractivity contribution is 6.32. The number of benzene rings is 1. The van der Waals surface area contributed by atoms with Gasteiger partial charge in [-0.15, -0.1) is 0 Å². The smallest absolute Gasteiger partial charge is 0.336 e. The zero-order valence-electron chi connectivity index (χ0n) is 9.13. The molecule has 4 heteroatoms. The van der Waals surface area contributed by atoms with Gasteiger partial charge in [0.25, 0.3) is 0 Å². The minimum absolute atomic E-state index is 0.334. The van der Waals surface area contributed by atoms with Gasteiger partial charge in [0.2, 0.25) is 0 Å². The molecule has 0 aliphatic rings. The highest BCUT2D eigenvalue weighted by Gasteiger charge is 2.07.